The number of benzene rings is 3. The molecule has 0 bridgehead atoms. The first-order valence-electron chi connectivity index (χ1n) is 12.3. The summed E-state index contributed by atoms with van der Waals surface area (Å²) in [6.45, 7) is 2.41. The van der Waals surface area contributed by atoms with E-state index in [1.807, 2.05) is 0 Å². The number of amides is 2. The molecule has 1 atom stereocenters. The van der Waals surface area contributed by atoms with Gasteiger partial charge < -0.3 is 19.7 Å². The number of hydrogen-bond donors (Lipinski definition) is 1. The number of ether oxygens (including phenoxy) is 2. The first-order chi connectivity index (χ1) is 19.0. The molecule has 3 aromatic rings. The second-order valence-electron chi connectivity index (χ2n) is 8.69. The maximum Gasteiger partial charge on any atom is 0.264 e. The van der Waals surface area contributed by atoms with E-state index in [2.05, 4.69) is 5.32 Å². The summed E-state index contributed by atoms with van der Waals surface area (Å²) in [5.74, 6) is -2.04. The summed E-state index contributed by atoms with van der Waals surface area (Å²) >= 11 is 0. The number of halogens is 2. The standard InChI is InChI=1S/C28H31F2N3O6S/c1-5-31-28(35)19(2)32(17-20-8-6-7-9-24(20)30)27(34)18-33(22-12-10-21(29)11-13-22)40(36,37)23-14-15-25(38-3)26(16-23)39-4/h6-16,19H,5,17-18H2,1-4H3,(H,31,35). The van der Waals surface area contributed by atoms with E-state index in [0.29, 0.717) is 6.54 Å². The molecule has 12 heteroatoms. The number of nitrogens with one attached hydrogen (secondary N) is 1. The Balaban J connectivity index is 2.08. The third-order valence-electron chi connectivity index (χ3n) is 6.15. The highest BCUT2D eigenvalue weighted by Gasteiger charge is 2.33. The summed E-state index contributed by atoms with van der Waals surface area (Å²) in [6, 6.07) is 13.2. The van der Waals surface area contributed by atoms with Crippen molar-refractivity contribution in [2.24, 2.45) is 0 Å². The average molecular weight is 576 g/mol. The predicted octanol–water partition coefficient (Wildman–Crippen LogP) is 3.73. The first kappa shape index (κ1) is 30.4. The van der Waals surface area contributed by atoms with Crippen molar-refractivity contribution in [1.29, 1.82) is 0 Å². The van der Waals surface area contributed by atoms with Crippen molar-refractivity contribution in [2.75, 3.05) is 31.6 Å². The number of likely N-dealkylation sites (N-methyl/N-ethyl adjacent to an activating group) is 1. The van der Waals surface area contributed by atoms with E-state index in [9.17, 15) is 26.8 Å². The van der Waals surface area contributed by atoms with Gasteiger partial charge in [0.1, 0.15) is 24.2 Å². The molecule has 1 unspecified atom stereocenters. The largest absolute Gasteiger partial charge is 0.493 e. The lowest BCUT2D eigenvalue weighted by Crippen LogP contribution is -2.51. The summed E-state index contributed by atoms with van der Waals surface area (Å²) in [7, 11) is -1.69. The molecule has 0 saturated heterocycles. The second kappa shape index (κ2) is 13.2. The van der Waals surface area contributed by atoms with Crippen LogP contribution < -0.4 is 19.1 Å². The van der Waals surface area contributed by atoms with Gasteiger partial charge in [-0.15, -0.1) is 0 Å². The molecule has 3 aromatic carbocycles. The number of sulfonamides is 1. The van der Waals surface area contributed by atoms with Crippen LogP contribution in [0.5, 0.6) is 11.5 Å². The van der Waals surface area contributed by atoms with Gasteiger partial charge in [-0.05, 0) is 56.3 Å². The number of hydrogen-bond acceptors (Lipinski definition) is 6. The summed E-state index contributed by atoms with van der Waals surface area (Å²) in [4.78, 5) is 27.3. The Hall–Kier alpha value is -4.19. The lowest BCUT2D eigenvalue weighted by atomic mass is 10.1. The van der Waals surface area contributed by atoms with Gasteiger partial charge in [0.15, 0.2) is 11.5 Å². The fourth-order valence-corrected chi connectivity index (χ4v) is 5.39. The molecule has 0 heterocycles. The molecule has 3 rings (SSSR count). The van der Waals surface area contributed by atoms with Crippen LogP contribution in [-0.4, -0.2) is 58.5 Å². The van der Waals surface area contributed by atoms with Gasteiger partial charge in [0, 0.05) is 24.7 Å². The molecule has 2 amide bonds. The molecule has 0 spiro atoms. The number of nitrogens with zero attached hydrogens (tertiary/aromatic N) is 2. The first-order valence-corrected chi connectivity index (χ1v) is 13.8. The Labute approximate surface area is 232 Å². The highest BCUT2D eigenvalue weighted by atomic mass is 32.2. The van der Waals surface area contributed by atoms with Crippen LogP contribution in [0.15, 0.2) is 71.6 Å². The summed E-state index contributed by atoms with van der Waals surface area (Å²) in [6.07, 6.45) is 0. The van der Waals surface area contributed by atoms with Gasteiger partial charge in [-0.3, -0.25) is 13.9 Å². The maximum atomic E-state index is 14.5. The van der Waals surface area contributed by atoms with Crippen molar-refractivity contribution in [3.63, 3.8) is 0 Å². The van der Waals surface area contributed by atoms with Crippen LogP contribution in [0, 0.1) is 11.6 Å². The highest BCUT2D eigenvalue weighted by Crippen LogP contribution is 2.32. The lowest BCUT2D eigenvalue weighted by Gasteiger charge is -2.32. The van der Waals surface area contributed by atoms with E-state index in [0.717, 1.165) is 21.3 Å². The van der Waals surface area contributed by atoms with E-state index in [4.69, 9.17) is 9.47 Å². The Kier molecular flexibility index (Phi) is 10.1. The quantitative estimate of drug-likeness (QED) is 0.353. The average Bonchev–Trinajstić information content (AvgIpc) is 2.95. The number of carbonyl (C=O) groups is 2. The molecular formula is C28H31F2N3O6S. The fourth-order valence-electron chi connectivity index (χ4n) is 3.96. The smallest absolute Gasteiger partial charge is 0.264 e. The molecule has 0 aliphatic carbocycles. The molecule has 1 N–H and O–H groups in total. The fraction of sp³-hybridized carbons (Fsp3) is 0.286. The van der Waals surface area contributed by atoms with E-state index < -0.39 is 46.1 Å². The zero-order valence-corrected chi connectivity index (χ0v) is 23.4. The molecule has 0 aliphatic rings. The minimum Gasteiger partial charge on any atom is -0.493 e. The summed E-state index contributed by atoms with van der Waals surface area (Å²) < 4.78 is 67.3. The van der Waals surface area contributed by atoms with Crippen molar-refractivity contribution < 1.29 is 36.3 Å². The summed E-state index contributed by atoms with van der Waals surface area (Å²) in [5.41, 5.74) is 0.143. The summed E-state index contributed by atoms with van der Waals surface area (Å²) in [5, 5.41) is 2.63. The van der Waals surface area contributed by atoms with Crippen molar-refractivity contribution in [3.05, 3.63) is 83.9 Å². The van der Waals surface area contributed by atoms with E-state index in [1.165, 1.54) is 69.7 Å². The van der Waals surface area contributed by atoms with Crippen LogP contribution in [0.4, 0.5) is 14.5 Å². The second-order valence-corrected chi connectivity index (χ2v) is 10.6. The molecular weight excluding hydrogens is 544 g/mol. The van der Waals surface area contributed by atoms with Crippen LogP contribution in [0.25, 0.3) is 0 Å². The minimum absolute atomic E-state index is 0.000962. The minimum atomic E-state index is -4.44. The molecule has 40 heavy (non-hydrogen) atoms. The number of anilines is 1. The molecule has 214 valence electrons. The lowest BCUT2D eigenvalue weighted by molar-refractivity contribution is -0.139. The Bertz CT molecular complexity index is 1450. The van der Waals surface area contributed by atoms with Crippen LogP contribution >= 0.6 is 0 Å². The Morgan fingerprint density at radius 3 is 2.20 bits per heavy atom. The molecule has 0 fully saturated rings. The van der Waals surface area contributed by atoms with E-state index in [-0.39, 0.29) is 34.2 Å². The van der Waals surface area contributed by atoms with Gasteiger partial charge in [-0.25, -0.2) is 17.2 Å². The van der Waals surface area contributed by atoms with Gasteiger partial charge in [0.2, 0.25) is 11.8 Å². The molecule has 9 nitrogen and oxygen atoms in total. The SMILES string of the molecule is CCNC(=O)C(C)N(Cc1ccccc1F)C(=O)CN(c1ccc(F)cc1)S(=O)(=O)c1ccc(OC)c(OC)c1. The third-order valence-corrected chi connectivity index (χ3v) is 7.92. The van der Waals surface area contributed by atoms with Gasteiger partial charge in [0.05, 0.1) is 24.8 Å². The van der Waals surface area contributed by atoms with Gasteiger partial charge in [-0.2, -0.15) is 0 Å². The number of rotatable bonds is 12. The van der Waals surface area contributed by atoms with Crippen LogP contribution in [0.1, 0.15) is 19.4 Å². The zero-order chi connectivity index (χ0) is 29.4. The topological polar surface area (TPSA) is 105 Å². The molecule has 0 saturated carbocycles. The highest BCUT2D eigenvalue weighted by molar-refractivity contribution is 7.92. The van der Waals surface area contributed by atoms with E-state index >= 15 is 0 Å². The van der Waals surface area contributed by atoms with Gasteiger partial charge in [0.25, 0.3) is 10.0 Å². The predicted molar refractivity (Wildman–Crippen MR) is 146 cm³/mol. The van der Waals surface area contributed by atoms with Crippen LogP contribution in [0.2, 0.25) is 0 Å². The number of methoxy groups -OCH3 is 2. The van der Waals surface area contributed by atoms with Gasteiger partial charge in [-0.1, -0.05) is 18.2 Å². The van der Waals surface area contributed by atoms with Crippen LogP contribution in [-0.2, 0) is 26.2 Å². The van der Waals surface area contributed by atoms with E-state index in [1.54, 1.807) is 13.0 Å². The molecule has 0 radical (unpaired) electrons. The number of carbonyl (C=O) groups excluding carboxylic acids is 2. The Morgan fingerprint density at radius 1 is 0.950 bits per heavy atom. The Morgan fingerprint density at radius 2 is 1.60 bits per heavy atom. The third kappa shape index (κ3) is 6.87. The van der Waals surface area contributed by atoms with Crippen molar-refractivity contribution in [2.45, 2.75) is 31.3 Å². The van der Waals surface area contributed by atoms with Gasteiger partial charge >= 0.3 is 0 Å². The van der Waals surface area contributed by atoms with Crippen molar-refractivity contribution >= 4 is 27.5 Å². The molecule has 0 aromatic heterocycles. The maximum absolute atomic E-state index is 14.5. The molecule has 0 aliphatic heterocycles. The van der Waals surface area contributed by atoms with Crippen LogP contribution in [0.3, 0.4) is 0 Å². The van der Waals surface area contributed by atoms with Crippen molar-refractivity contribution in [1.82, 2.24) is 10.2 Å². The monoisotopic (exact) mass is 575 g/mol. The normalized spacial score (nSPS) is 11.8. The zero-order valence-electron chi connectivity index (χ0n) is 22.6. The van der Waals surface area contributed by atoms with Crippen molar-refractivity contribution in [3.8, 4) is 11.5 Å².